The number of aryl methyl sites for hydroxylation is 1. The van der Waals surface area contributed by atoms with Crippen LogP contribution in [0, 0.1) is 6.92 Å². The third kappa shape index (κ3) is 5.01. The summed E-state index contributed by atoms with van der Waals surface area (Å²) in [5.41, 5.74) is 3.60. The predicted octanol–water partition coefficient (Wildman–Crippen LogP) is 4.11. The number of carbonyl (C=O) groups excluding carboxylic acids is 2. The Morgan fingerprint density at radius 3 is 2.53 bits per heavy atom. The van der Waals surface area contributed by atoms with Gasteiger partial charge in [-0.05, 0) is 44.0 Å². The molecule has 2 aromatic carbocycles. The highest BCUT2D eigenvalue weighted by Crippen LogP contribution is 2.23. The molecular formula is C26H32N4O2. The number of carbonyl (C=O) groups is 2. The molecule has 4 rings (SSSR count). The van der Waals surface area contributed by atoms with Crippen LogP contribution in [0.4, 0.5) is 0 Å². The maximum Gasteiger partial charge on any atom is 0.251 e. The van der Waals surface area contributed by atoms with Gasteiger partial charge in [0.05, 0.1) is 11.0 Å². The second-order valence-electron chi connectivity index (χ2n) is 8.77. The van der Waals surface area contributed by atoms with E-state index in [9.17, 15) is 9.59 Å². The van der Waals surface area contributed by atoms with Crippen molar-refractivity contribution in [3.63, 3.8) is 0 Å². The summed E-state index contributed by atoms with van der Waals surface area (Å²) in [5, 5.41) is 2.98. The number of para-hydroxylation sites is 2. The van der Waals surface area contributed by atoms with Crippen LogP contribution in [0.1, 0.15) is 53.8 Å². The molecule has 1 aliphatic rings. The van der Waals surface area contributed by atoms with Gasteiger partial charge in [-0.1, -0.05) is 49.1 Å². The molecule has 1 saturated carbocycles. The van der Waals surface area contributed by atoms with Crippen molar-refractivity contribution in [2.75, 3.05) is 13.6 Å². The molecule has 0 bridgehead atoms. The smallest absolute Gasteiger partial charge is 0.251 e. The SMILES string of the molecule is Cc1ccc(C(=O)NCCc2nc3ccccc3n2CC(=O)N(C)C2CCCCC2)cc1. The summed E-state index contributed by atoms with van der Waals surface area (Å²) in [5.74, 6) is 0.839. The van der Waals surface area contributed by atoms with Crippen molar-refractivity contribution in [2.24, 2.45) is 0 Å². The zero-order valence-corrected chi connectivity index (χ0v) is 19.0. The molecule has 6 nitrogen and oxygen atoms in total. The van der Waals surface area contributed by atoms with Crippen LogP contribution in [0.2, 0.25) is 0 Å². The summed E-state index contributed by atoms with van der Waals surface area (Å²) >= 11 is 0. The van der Waals surface area contributed by atoms with E-state index in [0.29, 0.717) is 24.6 Å². The van der Waals surface area contributed by atoms with E-state index >= 15 is 0 Å². The van der Waals surface area contributed by atoms with Gasteiger partial charge in [-0.3, -0.25) is 9.59 Å². The van der Waals surface area contributed by atoms with Crippen LogP contribution in [0.25, 0.3) is 11.0 Å². The summed E-state index contributed by atoms with van der Waals surface area (Å²) in [4.78, 5) is 32.2. The normalized spacial score (nSPS) is 14.4. The maximum absolute atomic E-state index is 13.1. The first-order valence-electron chi connectivity index (χ1n) is 11.6. The Hall–Kier alpha value is -3.15. The lowest BCUT2D eigenvalue weighted by Crippen LogP contribution is -2.40. The van der Waals surface area contributed by atoms with Crippen molar-refractivity contribution in [1.82, 2.24) is 19.8 Å². The molecule has 0 unspecified atom stereocenters. The molecule has 0 radical (unpaired) electrons. The first kappa shape index (κ1) is 22.1. The standard InChI is InChI=1S/C26H32N4O2/c1-19-12-14-20(15-13-19)26(32)27-17-16-24-28-22-10-6-7-11-23(22)30(24)18-25(31)29(2)21-8-4-3-5-9-21/h6-7,10-15,21H,3-5,8-9,16-18H2,1-2H3,(H,27,32). The number of rotatable bonds is 7. The Balaban J connectivity index is 1.45. The molecule has 1 N–H and O–H groups in total. The topological polar surface area (TPSA) is 67.2 Å². The van der Waals surface area contributed by atoms with Crippen LogP contribution in [0.5, 0.6) is 0 Å². The number of hydrogen-bond donors (Lipinski definition) is 1. The number of benzene rings is 2. The van der Waals surface area contributed by atoms with E-state index in [2.05, 4.69) is 5.32 Å². The number of hydrogen-bond acceptors (Lipinski definition) is 3. The van der Waals surface area contributed by atoms with E-state index in [1.807, 2.05) is 72.0 Å². The minimum Gasteiger partial charge on any atom is -0.352 e. The van der Waals surface area contributed by atoms with Gasteiger partial charge in [0.15, 0.2) is 0 Å². The van der Waals surface area contributed by atoms with Crippen molar-refractivity contribution in [2.45, 2.75) is 58.0 Å². The fraction of sp³-hybridized carbons (Fsp3) is 0.423. The Morgan fingerprint density at radius 2 is 1.78 bits per heavy atom. The molecule has 1 aliphatic carbocycles. The summed E-state index contributed by atoms with van der Waals surface area (Å²) in [6, 6.07) is 15.8. The van der Waals surface area contributed by atoms with Gasteiger partial charge in [0.1, 0.15) is 12.4 Å². The van der Waals surface area contributed by atoms with E-state index < -0.39 is 0 Å². The van der Waals surface area contributed by atoms with E-state index in [4.69, 9.17) is 4.98 Å². The average Bonchev–Trinajstić information content (AvgIpc) is 3.16. The minimum atomic E-state index is -0.0965. The lowest BCUT2D eigenvalue weighted by Gasteiger charge is -2.31. The molecule has 0 spiro atoms. The fourth-order valence-corrected chi connectivity index (χ4v) is 4.51. The van der Waals surface area contributed by atoms with Crippen molar-refractivity contribution in [3.05, 3.63) is 65.5 Å². The third-order valence-electron chi connectivity index (χ3n) is 6.49. The summed E-state index contributed by atoms with van der Waals surface area (Å²) in [6.45, 7) is 2.73. The molecule has 168 valence electrons. The monoisotopic (exact) mass is 432 g/mol. The van der Waals surface area contributed by atoms with Crippen LogP contribution < -0.4 is 5.32 Å². The molecule has 6 heteroatoms. The van der Waals surface area contributed by atoms with Crippen molar-refractivity contribution in [3.8, 4) is 0 Å². The number of likely N-dealkylation sites (N-methyl/N-ethyl adjacent to an activating group) is 1. The summed E-state index contributed by atoms with van der Waals surface area (Å²) in [6.07, 6.45) is 6.40. The van der Waals surface area contributed by atoms with E-state index in [1.165, 1.54) is 19.3 Å². The predicted molar refractivity (Wildman–Crippen MR) is 127 cm³/mol. The number of nitrogens with zero attached hydrogens (tertiary/aromatic N) is 3. The fourth-order valence-electron chi connectivity index (χ4n) is 4.51. The number of nitrogens with one attached hydrogen (secondary N) is 1. The van der Waals surface area contributed by atoms with Gasteiger partial charge in [0.2, 0.25) is 5.91 Å². The van der Waals surface area contributed by atoms with Crippen LogP contribution in [-0.4, -0.2) is 45.9 Å². The Kier molecular flexibility index (Phi) is 6.88. The third-order valence-corrected chi connectivity index (χ3v) is 6.49. The summed E-state index contributed by atoms with van der Waals surface area (Å²) in [7, 11) is 1.93. The van der Waals surface area contributed by atoms with E-state index in [0.717, 1.165) is 35.3 Å². The van der Waals surface area contributed by atoms with Gasteiger partial charge in [-0.25, -0.2) is 4.98 Å². The van der Waals surface area contributed by atoms with E-state index in [-0.39, 0.29) is 18.4 Å². The van der Waals surface area contributed by atoms with Crippen LogP contribution in [0.15, 0.2) is 48.5 Å². The number of aromatic nitrogens is 2. The zero-order chi connectivity index (χ0) is 22.5. The van der Waals surface area contributed by atoms with Crippen molar-refractivity contribution in [1.29, 1.82) is 0 Å². The molecule has 0 saturated heterocycles. The molecule has 3 aromatic rings. The zero-order valence-electron chi connectivity index (χ0n) is 19.0. The highest BCUT2D eigenvalue weighted by molar-refractivity contribution is 5.94. The molecular weight excluding hydrogens is 400 g/mol. The van der Waals surface area contributed by atoms with E-state index in [1.54, 1.807) is 0 Å². The maximum atomic E-state index is 13.1. The van der Waals surface area contributed by atoms with Gasteiger partial charge in [0, 0.05) is 31.6 Å². The largest absolute Gasteiger partial charge is 0.352 e. The van der Waals surface area contributed by atoms with Crippen molar-refractivity contribution < 1.29 is 9.59 Å². The highest BCUT2D eigenvalue weighted by Gasteiger charge is 2.23. The molecule has 1 aromatic heterocycles. The molecule has 1 heterocycles. The second kappa shape index (κ2) is 9.98. The average molecular weight is 433 g/mol. The van der Waals surface area contributed by atoms with Gasteiger partial charge in [-0.2, -0.15) is 0 Å². The van der Waals surface area contributed by atoms with Gasteiger partial charge in [0.25, 0.3) is 5.91 Å². The first-order chi connectivity index (χ1) is 15.5. The quantitative estimate of drug-likeness (QED) is 0.611. The molecule has 1 fully saturated rings. The van der Waals surface area contributed by atoms with Crippen molar-refractivity contribution >= 4 is 22.8 Å². The molecule has 2 amide bonds. The minimum absolute atomic E-state index is 0.0965. The first-order valence-corrected chi connectivity index (χ1v) is 11.6. The molecule has 32 heavy (non-hydrogen) atoms. The molecule has 0 atom stereocenters. The Morgan fingerprint density at radius 1 is 1.06 bits per heavy atom. The highest BCUT2D eigenvalue weighted by atomic mass is 16.2. The number of amides is 2. The second-order valence-corrected chi connectivity index (χ2v) is 8.77. The van der Waals surface area contributed by atoms with Crippen LogP contribution in [-0.2, 0) is 17.8 Å². The van der Waals surface area contributed by atoms with Gasteiger partial charge < -0.3 is 14.8 Å². The van der Waals surface area contributed by atoms with Gasteiger partial charge >= 0.3 is 0 Å². The molecule has 0 aliphatic heterocycles. The lowest BCUT2D eigenvalue weighted by molar-refractivity contribution is -0.133. The number of fused-ring (bicyclic) bond motifs is 1. The van der Waals surface area contributed by atoms with Crippen LogP contribution in [0.3, 0.4) is 0 Å². The lowest BCUT2D eigenvalue weighted by atomic mass is 9.94. The Labute approximate surface area is 189 Å². The Bertz CT molecular complexity index is 1080. The number of imidazole rings is 1. The summed E-state index contributed by atoms with van der Waals surface area (Å²) < 4.78 is 2.01. The van der Waals surface area contributed by atoms with Crippen LogP contribution >= 0.6 is 0 Å². The van der Waals surface area contributed by atoms with Gasteiger partial charge in [-0.15, -0.1) is 0 Å².